The second kappa shape index (κ2) is 6.48. The van der Waals surface area contributed by atoms with E-state index in [1.807, 2.05) is 12.1 Å². The fraction of sp³-hybridized carbons (Fsp3) is 0.250. The van der Waals surface area contributed by atoms with Crippen LogP contribution in [-0.2, 0) is 0 Å². The van der Waals surface area contributed by atoms with Gasteiger partial charge in [0.25, 0.3) is 0 Å². The molecule has 0 aliphatic heterocycles. The summed E-state index contributed by atoms with van der Waals surface area (Å²) in [5.74, 6) is 0. The maximum atomic E-state index is 5.33. The van der Waals surface area contributed by atoms with Crippen LogP contribution in [0.4, 0.5) is 5.69 Å². The Hall–Kier alpha value is -1.94. The maximum Gasteiger partial charge on any atom is 0.171 e. The lowest BCUT2D eigenvalue weighted by molar-refractivity contribution is 0.717. The van der Waals surface area contributed by atoms with E-state index in [-0.39, 0.29) is 6.04 Å². The molecule has 0 amide bonds. The second-order valence-electron chi connectivity index (χ2n) is 4.92. The number of anilines is 1. The largest absolute Gasteiger partial charge is 0.356 e. The highest BCUT2D eigenvalue weighted by Gasteiger charge is 2.09. The van der Waals surface area contributed by atoms with Crippen LogP contribution in [0.3, 0.4) is 0 Å². The van der Waals surface area contributed by atoms with Gasteiger partial charge in [-0.2, -0.15) is 0 Å². The lowest BCUT2D eigenvalue weighted by Crippen LogP contribution is -2.31. The number of benzene rings is 1. The first-order valence-electron chi connectivity index (χ1n) is 6.61. The van der Waals surface area contributed by atoms with E-state index in [9.17, 15) is 0 Å². The van der Waals surface area contributed by atoms with Gasteiger partial charge in [-0.25, -0.2) is 0 Å². The Morgan fingerprint density at radius 2 is 2.05 bits per heavy atom. The third kappa shape index (κ3) is 3.78. The molecule has 20 heavy (non-hydrogen) atoms. The van der Waals surface area contributed by atoms with Crippen LogP contribution in [0.25, 0.3) is 0 Å². The lowest BCUT2D eigenvalue weighted by Gasteiger charge is -2.19. The zero-order chi connectivity index (χ0) is 14.5. The Morgan fingerprint density at radius 1 is 1.25 bits per heavy atom. The third-order valence-corrected chi connectivity index (χ3v) is 3.38. The van der Waals surface area contributed by atoms with Crippen LogP contribution in [-0.4, -0.2) is 10.1 Å². The smallest absolute Gasteiger partial charge is 0.171 e. The van der Waals surface area contributed by atoms with E-state index in [1.54, 1.807) is 12.4 Å². The number of nitrogens with zero attached hydrogens (tertiary/aromatic N) is 1. The molecule has 0 aliphatic rings. The molecule has 0 radical (unpaired) electrons. The van der Waals surface area contributed by atoms with Gasteiger partial charge in [0.05, 0.1) is 17.9 Å². The Labute approximate surface area is 125 Å². The minimum absolute atomic E-state index is 0.160. The molecule has 4 heteroatoms. The summed E-state index contributed by atoms with van der Waals surface area (Å²) in [6.07, 6.45) is 3.48. The summed E-state index contributed by atoms with van der Waals surface area (Å²) in [5, 5.41) is 7.03. The zero-order valence-corrected chi connectivity index (χ0v) is 12.8. The lowest BCUT2D eigenvalue weighted by atomic mass is 10.0. The molecule has 2 N–H and O–H groups in total. The number of pyridine rings is 1. The monoisotopic (exact) mass is 285 g/mol. The minimum atomic E-state index is 0.160. The van der Waals surface area contributed by atoms with Crippen LogP contribution < -0.4 is 10.6 Å². The Bertz CT molecular complexity index is 596. The van der Waals surface area contributed by atoms with Crippen LogP contribution in [0.5, 0.6) is 0 Å². The van der Waals surface area contributed by atoms with Gasteiger partial charge in [0, 0.05) is 6.20 Å². The predicted octanol–water partition coefficient (Wildman–Crippen LogP) is 3.75. The van der Waals surface area contributed by atoms with E-state index >= 15 is 0 Å². The van der Waals surface area contributed by atoms with Gasteiger partial charge in [0.1, 0.15) is 0 Å². The average Bonchev–Trinajstić information content (AvgIpc) is 2.39. The highest BCUT2D eigenvalue weighted by molar-refractivity contribution is 7.80. The van der Waals surface area contributed by atoms with Gasteiger partial charge in [-0.1, -0.05) is 23.8 Å². The highest BCUT2D eigenvalue weighted by Crippen LogP contribution is 2.18. The fourth-order valence-electron chi connectivity index (χ4n) is 2.19. The molecule has 0 fully saturated rings. The molecular formula is C16H19N3S. The van der Waals surface area contributed by atoms with Crippen LogP contribution in [0.2, 0.25) is 0 Å². The van der Waals surface area contributed by atoms with E-state index in [0.717, 1.165) is 5.69 Å². The van der Waals surface area contributed by atoms with Crippen molar-refractivity contribution in [2.24, 2.45) is 0 Å². The summed E-state index contributed by atoms with van der Waals surface area (Å²) in [7, 11) is 0. The van der Waals surface area contributed by atoms with Gasteiger partial charge in [-0.05, 0) is 56.2 Å². The van der Waals surface area contributed by atoms with E-state index in [2.05, 4.69) is 54.6 Å². The molecule has 0 saturated heterocycles. The summed E-state index contributed by atoms with van der Waals surface area (Å²) >= 11 is 5.33. The van der Waals surface area contributed by atoms with Crippen molar-refractivity contribution in [1.29, 1.82) is 0 Å². The summed E-state index contributed by atoms with van der Waals surface area (Å²) in [6, 6.07) is 10.4. The van der Waals surface area contributed by atoms with Crippen LogP contribution in [0.15, 0.2) is 42.7 Å². The van der Waals surface area contributed by atoms with Crippen molar-refractivity contribution in [2.45, 2.75) is 26.8 Å². The molecule has 1 atom stereocenters. The van der Waals surface area contributed by atoms with Crippen molar-refractivity contribution in [2.75, 3.05) is 5.32 Å². The summed E-state index contributed by atoms with van der Waals surface area (Å²) in [4.78, 5) is 4.05. The van der Waals surface area contributed by atoms with E-state index in [4.69, 9.17) is 12.2 Å². The second-order valence-corrected chi connectivity index (χ2v) is 5.33. The molecule has 2 aromatic rings. The van der Waals surface area contributed by atoms with Crippen molar-refractivity contribution >= 4 is 23.0 Å². The first kappa shape index (κ1) is 14.5. The van der Waals surface area contributed by atoms with Gasteiger partial charge >= 0.3 is 0 Å². The topological polar surface area (TPSA) is 37.0 Å². The molecule has 1 aromatic carbocycles. The van der Waals surface area contributed by atoms with Crippen molar-refractivity contribution in [3.63, 3.8) is 0 Å². The van der Waals surface area contributed by atoms with Gasteiger partial charge in [-0.15, -0.1) is 0 Å². The minimum Gasteiger partial charge on any atom is -0.356 e. The number of rotatable bonds is 3. The molecule has 0 saturated carbocycles. The molecular weight excluding hydrogens is 266 g/mol. The van der Waals surface area contributed by atoms with E-state index < -0.39 is 0 Å². The fourth-order valence-corrected chi connectivity index (χ4v) is 2.48. The first-order valence-corrected chi connectivity index (χ1v) is 7.02. The normalized spacial score (nSPS) is 11.8. The number of nitrogens with one attached hydrogen (secondary N) is 2. The molecule has 0 spiro atoms. The van der Waals surface area contributed by atoms with Crippen LogP contribution in [0, 0.1) is 13.8 Å². The summed E-state index contributed by atoms with van der Waals surface area (Å²) in [5.41, 5.74) is 4.69. The molecule has 1 aromatic heterocycles. The van der Waals surface area contributed by atoms with Crippen LogP contribution in [0.1, 0.15) is 29.7 Å². The highest BCUT2D eigenvalue weighted by atomic mass is 32.1. The van der Waals surface area contributed by atoms with Crippen molar-refractivity contribution in [1.82, 2.24) is 10.3 Å². The van der Waals surface area contributed by atoms with Crippen molar-refractivity contribution < 1.29 is 0 Å². The SMILES string of the molecule is Cc1ccc(C(C)NC(=S)Nc2cccnc2)c(C)c1. The summed E-state index contributed by atoms with van der Waals surface area (Å²) < 4.78 is 0. The van der Waals surface area contributed by atoms with Crippen molar-refractivity contribution in [3.05, 3.63) is 59.4 Å². The molecule has 3 nitrogen and oxygen atoms in total. The standard InChI is InChI=1S/C16H19N3S/c1-11-6-7-15(12(2)9-11)13(3)18-16(20)19-14-5-4-8-17-10-14/h4-10,13H,1-3H3,(H2,18,19,20). The number of hydrogen-bond acceptors (Lipinski definition) is 2. The average molecular weight is 285 g/mol. The quantitative estimate of drug-likeness (QED) is 0.842. The van der Waals surface area contributed by atoms with E-state index in [1.165, 1.54) is 16.7 Å². The van der Waals surface area contributed by atoms with Crippen molar-refractivity contribution in [3.8, 4) is 0 Å². The van der Waals surface area contributed by atoms with Gasteiger partial charge in [0.2, 0.25) is 0 Å². The molecule has 104 valence electrons. The Morgan fingerprint density at radius 3 is 2.70 bits per heavy atom. The summed E-state index contributed by atoms with van der Waals surface area (Å²) in [6.45, 7) is 6.33. The number of aromatic nitrogens is 1. The Kier molecular flexibility index (Phi) is 4.69. The third-order valence-electron chi connectivity index (χ3n) is 3.16. The number of aryl methyl sites for hydroxylation is 2. The van der Waals surface area contributed by atoms with Crippen LogP contribution >= 0.6 is 12.2 Å². The molecule has 1 unspecified atom stereocenters. The molecule has 2 rings (SSSR count). The van der Waals surface area contributed by atoms with Gasteiger partial charge in [-0.3, -0.25) is 4.98 Å². The molecule has 0 bridgehead atoms. The number of hydrogen-bond donors (Lipinski definition) is 2. The molecule has 0 aliphatic carbocycles. The van der Waals surface area contributed by atoms with E-state index in [0.29, 0.717) is 5.11 Å². The first-order chi connectivity index (χ1) is 9.56. The Balaban J connectivity index is 2.00. The van der Waals surface area contributed by atoms with Gasteiger partial charge < -0.3 is 10.6 Å². The maximum absolute atomic E-state index is 5.33. The predicted molar refractivity (Wildman–Crippen MR) is 87.9 cm³/mol. The molecule has 1 heterocycles. The zero-order valence-electron chi connectivity index (χ0n) is 12.0. The number of thiocarbonyl (C=S) groups is 1. The van der Waals surface area contributed by atoms with Gasteiger partial charge in [0.15, 0.2) is 5.11 Å².